The zero-order valence-corrected chi connectivity index (χ0v) is 16.9. The molecule has 0 saturated carbocycles. The normalized spacial score (nSPS) is 18.2. The molecule has 0 radical (unpaired) electrons. The van der Waals surface area contributed by atoms with Gasteiger partial charge in [-0.15, -0.1) is 0 Å². The van der Waals surface area contributed by atoms with E-state index < -0.39 is 29.5 Å². The molecular weight excluding hydrogens is 419 g/mol. The highest BCUT2D eigenvalue weighted by Gasteiger charge is 2.47. The Kier molecular flexibility index (Phi) is 5.34. The van der Waals surface area contributed by atoms with Crippen LogP contribution in [0.2, 0.25) is 0 Å². The SMILES string of the molecule is Cc1cccc(C2/C(=C(\O)c3ccccc3)C(=O)C(=O)N2c2ccc(C(F)(F)F)cc2)c1. The summed E-state index contributed by atoms with van der Waals surface area (Å²) in [5.74, 6) is -2.17. The third-order valence-corrected chi connectivity index (χ3v) is 5.32. The molecule has 4 nitrogen and oxygen atoms in total. The number of anilines is 1. The van der Waals surface area contributed by atoms with Crippen LogP contribution in [0.5, 0.6) is 0 Å². The van der Waals surface area contributed by atoms with Crippen LogP contribution in [0.15, 0.2) is 84.4 Å². The van der Waals surface area contributed by atoms with Gasteiger partial charge in [0, 0.05) is 11.3 Å². The average Bonchev–Trinajstić information content (AvgIpc) is 3.04. The summed E-state index contributed by atoms with van der Waals surface area (Å²) in [5.41, 5.74) is 0.914. The van der Waals surface area contributed by atoms with Crippen LogP contribution < -0.4 is 4.90 Å². The van der Waals surface area contributed by atoms with Crippen molar-refractivity contribution >= 4 is 23.1 Å². The Hall–Kier alpha value is -3.87. The highest BCUT2D eigenvalue weighted by Crippen LogP contribution is 2.43. The second kappa shape index (κ2) is 8.00. The van der Waals surface area contributed by atoms with Gasteiger partial charge in [0.1, 0.15) is 5.76 Å². The standard InChI is InChI=1S/C25H18F3NO3/c1-15-6-5-9-17(14-15)21-20(22(30)16-7-3-2-4-8-16)23(31)24(32)29(21)19-12-10-18(11-13-19)25(26,27)28/h2-14,21,30H,1H3/b22-20+. The van der Waals surface area contributed by atoms with E-state index in [0.29, 0.717) is 11.1 Å². The monoisotopic (exact) mass is 437 g/mol. The van der Waals surface area contributed by atoms with Crippen LogP contribution in [0.4, 0.5) is 18.9 Å². The summed E-state index contributed by atoms with van der Waals surface area (Å²) in [7, 11) is 0. The summed E-state index contributed by atoms with van der Waals surface area (Å²) >= 11 is 0. The van der Waals surface area contributed by atoms with Gasteiger partial charge in [-0.25, -0.2) is 0 Å². The minimum atomic E-state index is -4.53. The first-order valence-corrected chi connectivity index (χ1v) is 9.78. The minimum absolute atomic E-state index is 0.119. The summed E-state index contributed by atoms with van der Waals surface area (Å²) in [5, 5.41) is 11.0. The number of amides is 1. The lowest BCUT2D eigenvalue weighted by Crippen LogP contribution is -2.29. The maximum atomic E-state index is 13.0. The van der Waals surface area contributed by atoms with Crippen LogP contribution in [0.1, 0.15) is 28.3 Å². The first-order valence-electron chi connectivity index (χ1n) is 9.78. The van der Waals surface area contributed by atoms with Crippen LogP contribution >= 0.6 is 0 Å². The van der Waals surface area contributed by atoms with Crippen molar-refractivity contribution < 1.29 is 27.9 Å². The second-order valence-electron chi connectivity index (χ2n) is 7.49. The number of carbonyl (C=O) groups is 2. The number of aryl methyl sites for hydroxylation is 1. The zero-order chi connectivity index (χ0) is 23.0. The van der Waals surface area contributed by atoms with Crippen molar-refractivity contribution in [1.82, 2.24) is 0 Å². The zero-order valence-electron chi connectivity index (χ0n) is 16.9. The molecular formula is C25H18F3NO3. The van der Waals surface area contributed by atoms with E-state index >= 15 is 0 Å². The molecule has 3 aromatic carbocycles. The van der Waals surface area contributed by atoms with Gasteiger partial charge in [0.05, 0.1) is 17.2 Å². The maximum absolute atomic E-state index is 13.0. The molecule has 3 aromatic rings. The highest BCUT2D eigenvalue weighted by molar-refractivity contribution is 6.51. The molecule has 1 atom stereocenters. The maximum Gasteiger partial charge on any atom is 0.416 e. The smallest absolute Gasteiger partial charge is 0.416 e. The Morgan fingerprint density at radius 1 is 0.906 bits per heavy atom. The molecule has 1 saturated heterocycles. The third kappa shape index (κ3) is 3.77. The second-order valence-corrected chi connectivity index (χ2v) is 7.49. The van der Waals surface area contributed by atoms with E-state index in [4.69, 9.17) is 0 Å². The Morgan fingerprint density at radius 2 is 1.56 bits per heavy atom. The number of benzene rings is 3. The molecule has 0 aliphatic carbocycles. The van der Waals surface area contributed by atoms with Crippen molar-refractivity contribution in [2.45, 2.75) is 19.1 Å². The predicted molar refractivity (Wildman–Crippen MR) is 114 cm³/mol. The van der Waals surface area contributed by atoms with Gasteiger partial charge < -0.3 is 5.11 Å². The molecule has 32 heavy (non-hydrogen) atoms. The van der Waals surface area contributed by atoms with E-state index in [0.717, 1.165) is 34.7 Å². The molecule has 0 aromatic heterocycles. The Balaban J connectivity index is 1.91. The Morgan fingerprint density at radius 3 is 2.16 bits per heavy atom. The van der Waals surface area contributed by atoms with Crippen molar-refractivity contribution in [1.29, 1.82) is 0 Å². The summed E-state index contributed by atoms with van der Waals surface area (Å²) in [6, 6.07) is 18.4. The predicted octanol–water partition coefficient (Wildman–Crippen LogP) is 5.64. The number of nitrogens with zero attached hydrogens (tertiary/aromatic N) is 1. The van der Waals surface area contributed by atoms with Gasteiger partial charge in [-0.3, -0.25) is 14.5 Å². The highest BCUT2D eigenvalue weighted by atomic mass is 19.4. The van der Waals surface area contributed by atoms with Crippen molar-refractivity contribution in [3.63, 3.8) is 0 Å². The van der Waals surface area contributed by atoms with Crippen LogP contribution in [0.3, 0.4) is 0 Å². The van der Waals surface area contributed by atoms with Crippen LogP contribution in [0.25, 0.3) is 5.76 Å². The topological polar surface area (TPSA) is 57.6 Å². The van der Waals surface area contributed by atoms with Crippen molar-refractivity contribution in [2.24, 2.45) is 0 Å². The third-order valence-electron chi connectivity index (χ3n) is 5.32. The van der Waals surface area contributed by atoms with Gasteiger partial charge in [-0.1, -0.05) is 60.2 Å². The lowest BCUT2D eigenvalue weighted by molar-refractivity contribution is -0.137. The number of rotatable bonds is 3. The largest absolute Gasteiger partial charge is 0.507 e. The van der Waals surface area contributed by atoms with Crippen LogP contribution in [-0.4, -0.2) is 16.8 Å². The average molecular weight is 437 g/mol. The molecule has 1 N–H and O–H groups in total. The van der Waals surface area contributed by atoms with Gasteiger partial charge in [0.25, 0.3) is 11.7 Å². The molecule has 1 amide bonds. The fourth-order valence-corrected chi connectivity index (χ4v) is 3.82. The van der Waals surface area contributed by atoms with Crippen molar-refractivity contribution in [3.05, 3.63) is 107 Å². The quantitative estimate of drug-likeness (QED) is 0.328. The number of hydrogen-bond donors (Lipinski definition) is 1. The number of aliphatic hydroxyl groups is 1. The van der Waals surface area contributed by atoms with Crippen molar-refractivity contribution in [3.8, 4) is 0 Å². The molecule has 4 rings (SSSR count). The van der Waals surface area contributed by atoms with Crippen molar-refractivity contribution in [2.75, 3.05) is 4.90 Å². The Labute approximate surface area is 182 Å². The van der Waals surface area contributed by atoms with Gasteiger partial charge in [-0.2, -0.15) is 13.2 Å². The number of aliphatic hydroxyl groups excluding tert-OH is 1. The van der Waals surface area contributed by atoms with E-state index in [9.17, 15) is 27.9 Å². The number of hydrogen-bond acceptors (Lipinski definition) is 3. The van der Waals surface area contributed by atoms with Crippen LogP contribution in [0, 0.1) is 6.92 Å². The van der Waals surface area contributed by atoms with Gasteiger partial charge in [0.15, 0.2) is 0 Å². The molecule has 162 valence electrons. The van der Waals surface area contributed by atoms with Crippen LogP contribution in [-0.2, 0) is 15.8 Å². The summed E-state index contributed by atoms with van der Waals surface area (Å²) in [6.45, 7) is 1.84. The number of Topliss-reactive ketones (excluding diaryl/α,β-unsaturated/α-hetero) is 1. The molecule has 1 unspecified atom stereocenters. The summed E-state index contributed by atoms with van der Waals surface area (Å²) < 4.78 is 39.0. The molecule has 1 fully saturated rings. The molecule has 1 aliphatic rings. The van der Waals surface area contributed by atoms with E-state index in [2.05, 4.69) is 0 Å². The van der Waals surface area contributed by atoms with E-state index in [1.165, 1.54) is 0 Å². The number of ketones is 1. The molecule has 1 heterocycles. The Bertz CT molecular complexity index is 1220. The minimum Gasteiger partial charge on any atom is -0.507 e. The van der Waals surface area contributed by atoms with E-state index in [1.54, 1.807) is 48.5 Å². The molecule has 0 spiro atoms. The van der Waals surface area contributed by atoms with E-state index in [1.807, 2.05) is 13.0 Å². The lowest BCUT2D eigenvalue weighted by atomic mass is 9.94. The van der Waals surface area contributed by atoms with Gasteiger partial charge in [0.2, 0.25) is 0 Å². The number of halogens is 3. The fraction of sp³-hybridized carbons (Fsp3) is 0.120. The first-order chi connectivity index (χ1) is 15.2. The summed E-state index contributed by atoms with van der Waals surface area (Å²) in [6.07, 6.45) is -4.53. The summed E-state index contributed by atoms with van der Waals surface area (Å²) in [4.78, 5) is 27.2. The van der Waals surface area contributed by atoms with E-state index in [-0.39, 0.29) is 17.0 Å². The number of alkyl halides is 3. The van der Waals surface area contributed by atoms with Gasteiger partial charge >= 0.3 is 6.18 Å². The van der Waals surface area contributed by atoms with Gasteiger partial charge in [-0.05, 0) is 36.8 Å². The first kappa shape index (κ1) is 21.4. The number of carbonyl (C=O) groups excluding carboxylic acids is 2. The molecule has 1 aliphatic heterocycles. The molecule has 0 bridgehead atoms. The fourth-order valence-electron chi connectivity index (χ4n) is 3.82. The lowest BCUT2D eigenvalue weighted by Gasteiger charge is -2.26. The molecule has 7 heteroatoms.